The number of rotatable bonds is 8. The second kappa shape index (κ2) is 7.64. The van der Waals surface area contributed by atoms with Gasteiger partial charge in [0.25, 0.3) is 0 Å². The molecule has 120 valence electrons. The number of hydrogen-bond donors (Lipinski definition) is 2. The number of nitrogens with zero attached hydrogens (tertiary/aromatic N) is 1. The van der Waals surface area contributed by atoms with Crippen molar-refractivity contribution in [1.82, 2.24) is 10.3 Å². The van der Waals surface area contributed by atoms with Crippen LogP contribution < -0.4 is 20.7 Å². The van der Waals surface area contributed by atoms with Crippen LogP contribution in [0.15, 0.2) is 18.2 Å². The Kier molecular flexibility index (Phi) is 6.45. The van der Waals surface area contributed by atoms with E-state index >= 15 is 0 Å². The molecule has 0 amide bonds. The van der Waals surface area contributed by atoms with Crippen LogP contribution in [0, 0.1) is 0 Å². The van der Waals surface area contributed by atoms with E-state index in [9.17, 15) is 0 Å². The summed E-state index contributed by atoms with van der Waals surface area (Å²) in [7, 11) is 3.30. The molecule has 0 aromatic heterocycles. The van der Waals surface area contributed by atoms with Crippen LogP contribution in [-0.2, 0) is 0 Å². The number of nitrogens with one attached hydrogen (secondary N) is 1. The lowest BCUT2D eigenvalue weighted by molar-refractivity contribution is 0.0911. The van der Waals surface area contributed by atoms with Crippen LogP contribution in [0.3, 0.4) is 0 Å². The standard InChI is InChI=1S/C16H29N3O2/c1-7-19(8-2)16(3,4)15(18-17)12-9-13(20-5)11-14(10-12)21-6/h9-11,15,18H,7-8,17H2,1-6H3. The van der Waals surface area contributed by atoms with Crippen LogP contribution in [0.2, 0.25) is 0 Å². The molecule has 0 aliphatic heterocycles. The van der Waals surface area contributed by atoms with Gasteiger partial charge in [-0.3, -0.25) is 16.2 Å². The molecule has 0 saturated carbocycles. The van der Waals surface area contributed by atoms with E-state index in [1.165, 1.54) is 0 Å². The highest BCUT2D eigenvalue weighted by atomic mass is 16.5. The number of methoxy groups -OCH3 is 2. The molecule has 0 aliphatic rings. The zero-order valence-corrected chi connectivity index (χ0v) is 14.1. The Balaban J connectivity index is 3.25. The molecule has 1 unspecified atom stereocenters. The predicted molar refractivity (Wildman–Crippen MR) is 86.6 cm³/mol. The maximum absolute atomic E-state index is 5.86. The molecule has 1 aromatic rings. The molecule has 5 nitrogen and oxygen atoms in total. The second-order valence-electron chi connectivity index (χ2n) is 5.57. The lowest BCUT2D eigenvalue weighted by Gasteiger charge is -2.43. The van der Waals surface area contributed by atoms with E-state index in [4.69, 9.17) is 15.3 Å². The van der Waals surface area contributed by atoms with Crippen LogP contribution >= 0.6 is 0 Å². The lowest BCUT2D eigenvalue weighted by atomic mass is 9.87. The van der Waals surface area contributed by atoms with E-state index < -0.39 is 0 Å². The van der Waals surface area contributed by atoms with Crippen LogP contribution in [0.1, 0.15) is 39.3 Å². The van der Waals surface area contributed by atoms with Gasteiger partial charge in [-0.2, -0.15) is 0 Å². The van der Waals surface area contributed by atoms with Gasteiger partial charge in [0.15, 0.2) is 0 Å². The van der Waals surface area contributed by atoms with Crippen molar-refractivity contribution in [3.63, 3.8) is 0 Å². The van der Waals surface area contributed by atoms with Gasteiger partial charge in [-0.1, -0.05) is 13.8 Å². The molecule has 0 fully saturated rings. The highest BCUT2D eigenvalue weighted by Gasteiger charge is 2.35. The van der Waals surface area contributed by atoms with Gasteiger partial charge in [0.05, 0.1) is 20.3 Å². The van der Waals surface area contributed by atoms with E-state index in [1.807, 2.05) is 18.2 Å². The van der Waals surface area contributed by atoms with Gasteiger partial charge in [-0.25, -0.2) is 0 Å². The van der Waals surface area contributed by atoms with E-state index in [0.29, 0.717) is 0 Å². The van der Waals surface area contributed by atoms with Crippen molar-refractivity contribution in [2.75, 3.05) is 27.3 Å². The molecule has 21 heavy (non-hydrogen) atoms. The Morgan fingerprint density at radius 2 is 1.57 bits per heavy atom. The number of likely N-dealkylation sites (N-methyl/N-ethyl adjacent to an activating group) is 1. The minimum atomic E-state index is -0.143. The number of benzene rings is 1. The van der Waals surface area contributed by atoms with E-state index in [-0.39, 0.29) is 11.6 Å². The lowest BCUT2D eigenvalue weighted by Crippen LogP contribution is -2.54. The summed E-state index contributed by atoms with van der Waals surface area (Å²) < 4.78 is 10.7. The average Bonchev–Trinajstić information content (AvgIpc) is 2.48. The maximum atomic E-state index is 5.86. The van der Waals surface area contributed by atoms with Gasteiger partial charge in [0.2, 0.25) is 0 Å². The highest BCUT2D eigenvalue weighted by Crippen LogP contribution is 2.34. The summed E-state index contributed by atoms with van der Waals surface area (Å²) in [6.45, 7) is 10.6. The van der Waals surface area contributed by atoms with Crippen molar-refractivity contribution in [2.24, 2.45) is 5.84 Å². The first kappa shape index (κ1) is 17.8. The summed E-state index contributed by atoms with van der Waals surface area (Å²) >= 11 is 0. The third-order valence-electron chi connectivity index (χ3n) is 4.16. The quantitative estimate of drug-likeness (QED) is 0.569. The van der Waals surface area contributed by atoms with Crippen LogP contribution in [0.5, 0.6) is 11.5 Å². The molecule has 1 rings (SSSR count). The number of hydrogen-bond acceptors (Lipinski definition) is 5. The van der Waals surface area contributed by atoms with Crippen molar-refractivity contribution in [2.45, 2.75) is 39.3 Å². The zero-order valence-electron chi connectivity index (χ0n) is 14.1. The monoisotopic (exact) mass is 295 g/mol. The Labute approximate surface area is 128 Å². The molecule has 0 bridgehead atoms. The molecule has 1 aromatic carbocycles. The van der Waals surface area contributed by atoms with Crippen LogP contribution in [-0.4, -0.2) is 37.7 Å². The first-order valence-corrected chi connectivity index (χ1v) is 7.38. The SMILES string of the molecule is CCN(CC)C(C)(C)C(NN)c1cc(OC)cc(OC)c1. The molecular formula is C16H29N3O2. The summed E-state index contributed by atoms with van der Waals surface area (Å²) in [5.41, 5.74) is 3.86. The fourth-order valence-corrected chi connectivity index (χ4v) is 2.93. The smallest absolute Gasteiger partial charge is 0.122 e. The van der Waals surface area contributed by atoms with Crippen LogP contribution in [0.4, 0.5) is 0 Å². The molecule has 0 aliphatic carbocycles. The van der Waals surface area contributed by atoms with E-state index in [1.54, 1.807) is 14.2 Å². The minimum absolute atomic E-state index is 0.0404. The molecule has 0 heterocycles. The third kappa shape index (κ3) is 3.87. The van der Waals surface area contributed by atoms with Crippen molar-refractivity contribution >= 4 is 0 Å². The van der Waals surface area contributed by atoms with Crippen molar-refractivity contribution < 1.29 is 9.47 Å². The minimum Gasteiger partial charge on any atom is -0.497 e. The Morgan fingerprint density at radius 3 is 1.90 bits per heavy atom. The Bertz CT molecular complexity index is 423. The predicted octanol–water partition coefficient (Wildman–Crippen LogP) is 2.33. The fraction of sp³-hybridized carbons (Fsp3) is 0.625. The fourth-order valence-electron chi connectivity index (χ4n) is 2.93. The number of nitrogens with two attached hydrogens (primary N) is 1. The van der Waals surface area contributed by atoms with Crippen molar-refractivity contribution in [1.29, 1.82) is 0 Å². The Hall–Kier alpha value is -1.30. The second-order valence-corrected chi connectivity index (χ2v) is 5.57. The average molecular weight is 295 g/mol. The van der Waals surface area contributed by atoms with Crippen molar-refractivity contribution in [3.8, 4) is 11.5 Å². The summed E-state index contributed by atoms with van der Waals surface area (Å²) in [5, 5.41) is 0. The van der Waals surface area contributed by atoms with Gasteiger partial charge in [-0.15, -0.1) is 0 Å². The topological polar surface area (TPSA) is 59.8 Å². The molecule has 0 saturated heterocycles. The molecule has 5 heteroatoms. The molecule has 3 N–H and O–H groups in total. The van der Waals surface area contributed by atoms with Crippen molar-refractivity contribution in [3.05, 3.63) is 23.8 Å². The largest absolute Gasteiger partial charge is 0.497 e. The number of hydrazine groups is 1. The summed E-state index contributed by atoms with van der Waals surface area (Å²) in [4.78, 5) is 2.38. The third-order valence-corrected chi connectivity index (χ3v) is 4.16. The van der Waals surface area contributed by atoms with Gasteiger partial charge in [0.1, 0.15) is 11.5 Å². The highest BCUT2D eigenvalue weighted by molar-refractivity contribution is 5.40. The molecule has 1 atom stereocenters. The van der Waals surface area contributed by atoms with E-state index in [0.717, 1.165) is 30.2 Å². The van der Waals surface area contributed by atoms with Gasteiger partial charge >= 0.3 is 0 Å². The van der Waals surface area contributed by atoms with Gasteiger partial charge < -0.3 is 9.47 Å². The summed E-state index contributed by atoms with van der Waals surface area (Å²) in [6, 6.07) is 5.82. The zero-order chi connectivity index (χ0) is 16.0. The first-order valence-electron chi connectivity index (χ1n) is 7.38. The van der Waals surface area contributed by atoms with Crippen LogP contribution in [0.25, 0.3) is 0 Å². The van der Waals surface area contributed by atoms with E-state index in [2.05, 4.69) is 38.0 Å². The molecule has 0 spiro atoms. The van der Waals surface area contributed by atoms with Gasteiger partial charge in [0, 0.05) is 11.6 Å². The number of ether oxygens (including phenoxy) is 2. The Morgan fingerprint density at radius 1 is 1.10 bits per heavy atom. The summed E-state index contributed by atoms with van der Waals surface area (Å²) in [5.74, 6) is 7.39. The van der Waals surface area contributed by atoms with Gasteiger partial charge in [-0.05, 0) is 44.6 Å². The normalized spacial score (nSPS) is 13.3. The maximum Gasteiger partial charge on any atom is 0.122 e. The molecular weight excluding hydrogens is 266 g/mol. The molecule has 0 radical (unpaired) electrons. The first-order chi connectivity index (χ1) is 9.94. The summed E-state index contributed by atoms with van der Waals surface area (Å²) in [6.07, 6.45) is 0.